The van der Waals surface area contributed by atoms with Crippen LogP contribution in [0.4, 0.5) is 5.95 Å². The molecule has 2 aromatic heterocycles. The molecule has 7 nitrogen and oxygen atoms in total. The van der Waals surface area contributed by atoms with Crippen molar-refractivity contribution < 1.29 is 4.79 Å². The molecule has 1 unspecified atom stereocenters. The van der Waals surface area contributed by atoms with E-state index < -0.39 is 6.04 Å². The smallest absolute Gasteiger partial charge is 0.251 e. The molecule has 10 heteroatoms. The fraction of sp³-hybridized carbons (Fsp3) is 0.250. The summed E-state index contributed by atoms with van der Waals surface area (Å²) in [5, 5.41) is 12.1. The van der Waals surface area contributed by atoms with Crippen molar-refractivity contribution in [2.75, 3.05) is 5.32 Å². The van der Waals surface area contributed by atoms with Gasteiger partial charge < -0.3 is 0 Å². The number of amides is 1. The van der Waals surface area contributed by atoms with Crippen molar-refractivity contribution in [2.45, 2.75) is 26.4 Å². The number of nitrogens with one attached hydrogen (secondary N) is 1. The van der Waals surface area contributed by atoms with Gasteiger partial charge in [-0.3, -0.25) is 14.8 Å². The van der Waals surface area contributed by atoms with E-state index in [-0.39, 0.29) is 11.9 Å². The van der Waals surface area contributed by atoms with Crippen molar-refractivity contribution in [1.82, 2.24) is 24.5 Å². The Hall–Kier alpha value is -1.90. The zero-order chi connectivity index (χ0) is 18.8. The summed E-state index contributed by atoms with van der Waals surface area (Å²) >= 11 is 15.3. The maximum Gasteiger partial charge on any atom is 0.251 e. The van der Waals surface area contributed by atoms with Crippen LogP contribution in [0.2, 0.25) is 10.0 Å². The Labute approximate surface area is 168 Å². The van der Waals surface area contributed by atoms with E-state index in [4.69, 9.17) is 23.2 Å². The summed E-state index contributed by atoms with van der Waals surface area (Å²) < 4.78 is 4.09. The number of hydrogen-bond donors (Lipinski definition) is 1. The maximum atomic E-state index is 12.4. The van der Waals surface area contributed by atoms with Gasteiger partial charge in [0.05, 0.1) is 33.0 Å². The van der Waals surface area contributed by atoms with Crippen LogP contribution < -0.4 is 5.32 Å². The molecule has 2 heterocycles. The molecule has 1 N–H and O–H groups in total. The van der Waals surface area contributed by atoms with Gasteiger partial charge in [0.2, 0.25) is 5.95 Å². The monoisotopic (exact) mass is 456 g/mol. The SMILES string of the molecule is Cc1c(Br)cnn1C(C)C(=O)Nc1ncn(Cc2ccc(Cl)c(Cl)c2)n1. The average molecular weight is 458 g/mol. The molecule has 1 amide bonds. The average Bonchev–Trinajstić information content (AvgIpc) is 3.17. The first-order valence-corrected chi connectivity index (χ1v) is 9.24. The van der Waals surface area contributed by atoms with E-state index in [1.807, 2.05) is 13.0 Å². The molecule has 1 atom stereocenters. The second-order valence-electron chi connectivity index (χ2n) is 5.70. The number of anilines is 1. The number of aromatic nitrogens is 5. The Morgan fingerprint density at radius 3 is 2.77 bits per heavy atom. The van der Waals surface area contributed by atoms with Gasteiger partial charge in [-0.15, -0.1) is 5.10 Å². The van der Waals surface area contributed by atoms with Crippen LogP contribution in [0.5, 0.6) is 0 Å². The molecular weight excluding hydrogens is 443 g/mol. The Kier molecular flexibility index (Phi) is 5.64. The fourth-order valence-electron chi connectivity index (χ4n) is 2.37. The number of hydrogen-bond acceptors (Lipinski definition) is 4. The normalized spacial score (nSPS) is 12.2. The van der Waals surface area contributed by atoms with Gasteiger partial charge in [0.1, 0.15) is 12.4 Å². The highest BCUT2D eigenvalue weighted by Crippen LogP contribution is 2.23. The standard InChI is InChI=1S/C16H15BrCl2N6O/c1-9-12(17)6-21-25(9)10(2)15(26)22-16-20-8-24(23-16)7-11-3-4-13(18)14(19)5-11/h3-6,8,10H,7H2,1-2H3,(H,22,23,26). The van der Waals surface area contributed by atoms with E-state index in [1.165, 1.54) is 0 Å². The Bertz CT molecular complexity index is 954. The van der Waals surface area contributed by atoms with Crippen molar-refractivity contribution in [3.8, 4) is 0 Å². The molecule has 0 radical (unpaired) electrons. The summed E-state index contributed by atoms with van der Waals surface area (Å²) in [7, 11) is 0. The number of rotatable bonds is 5. The van der Waals surface area contributed by atoms with Gasteiger partial charge in [0.25, 0.3) is 5.91 Å². The minimum absolute atomic E-state index is 0.228. The molecule has 3 rings (SSSR count). The number of halogens is 3. The van der Waals surface area contributed by atoms with Gasteiger partial charge >= 0.3 is 0 Å². The largest absolute Gasteiger partial charge is 0.291 e. The molecule has 0 fully saturated rings. The zero-order valence-corrected chi connectivity index (χ0v) is 17.0. The third kappa shape index (κ3) is 4.08. The molecular formula is C16H15BrCl2N6O. The first kappa shape index (κ1) is 18.9. The second-order valence-corrected chi connectivity index (χ2v) is 7.37. The number of nitrogens with zero attached hydrogens (tertiary/aromatic N) is 5. The van der Waals surface area contributed by atoms with Crippen LogP contribution in [0.1, 0.15) is 24.2 Å². The Balaban J connectivity index is 1.67. The number of carbonyl (C=O) groups excluding carboxylic acids is 1. The van der Waals surface area contributed by atoms with Crippen molar-refractivity contribution in [3.63, 3.8) is 0 Å². The topological polar surface area (TPSA) is 77.6 Å². The summed E-state index contributed by atoms with van der Waals surface area (Å²) in [5.74, 6) is -0.0261. The summed E-state index contributed by atoms with van der Waals surface area (Å²) in [4.78, 5) is 16.5. The van der Waals surface area contributed by atoms with Crippen molar-refractivity contribution >= 4 is 51.0 Å². The van der Waals surface area contributed by atoms with Crippen LogP contribution in [-0.4, -0.2) is 30.5 Å². The van der Waals surface area contributed by atoms with Gasteiger partial charge in [0.15, 0.2) is 0 Å². The third-order valence-corrected chi connectivity index (χ3v) is 5.35. The van der Waals surface area contributed by atoms with Crippen LogP contribution in [0.3, 0.4) is 0 Å². The lowest BCUT2D eigenvalue weighted by molar-refractivity contribution is -0.119. The van der Waals surface area contributed by atoms with Gasteiger partial charge in [-0.1, -0.05) is 29.3 Å². The highest BCUT2D eigenvalue weighted by atomic mass is 79.9. The predicted molar refractivity (Wildman–Crippen MR) is 104 cm³/mol. The lowest BCUT2D eigenvalue weighted by atomic mass is 10.2. The minimum atomic E-state index is -0.497. The molecule has 0 saturated carbocycles. The zero-order valence-electron chi connectivity index (χ0n) is 13.9. The van der Waals surface area contributed by atoms with Gasteiger partial charge in [-0.2, -0.15) is 5.10 Å². The molecule has 3 aromatic rings. The molecule has 1 aromatic carbocycles. The van der Waals surface area contributed by atoms with E-state index in [0.717, 1.165) is 15.7 Å². The van der Waals surface area contributed by atoms with Crippen LogP contribution in [0.25, 0.3) is 0 Å². The second kappa shape index (κ2) is 7.77. The van der Waals surface area contributed by atoms with E-state index in [2.05, 4.69) is 36.4 Å². The van der Waals surface area contributed by atoms with Gasteiger partial charge in [0, 0.05) is 0 Å². The summed E-state index contributed by atoms with van der Waals surface area (Å²) in [6, 6.07) is 4.85. The van der Waals surface area contributed by atoms with Crippen LogP contribution in [0, 0.1) is 6.92 Å². The maximum absolute atomic E-state index is 12.4. The summed E-state index contributed by atoms with van der Waals surface area (Å²) in [6.45, 7) is 4.10. The summed E-state index contributed by atoms with van der Waals surface area (Å²) in [6.07, 6.45) is 3.20. The Morgan fingerprint density at radius 1 is 1.35 bits per heavy atom. The highest BCUT2D eigenvalue weighted by Gasteiger charge is 2.20. The molecule has 0 saturated heterocycles. The molecule has 0 aliphatic carbocycles. The van der Waals surface area contributed by atoms with Gasteiger partial charge in [-0.05, 0) is 47.5 Å². The lowest BCUT2D eigenvalue weighted by Crippen LogP contribution is -2.25. The van der Waals surface area contributed by atoms with Crippen LogP contribution >= 0.6 is 39.1 Å². The molecule has 26 heavy (non-hydrogen) atoms. The fourth-order valence-corrected chi connectivity index (χ4v) is 2.97. The molecule has 136 valence electrons. The van der Waals surface area contributed by atoms with Crippen LogP contribution in [-0.2, 0) is 11.3 Å². The predicted octanol–water partition coefficient (Wildman–Crippen LogP) is 4.10. The van der Waals surface area contributed by atoms with E-state index in [0.29, 0.717) is 16.6 Å². The number of carbonyl (C=O) groups is 1. The first-order chi connectivity index (χ1) is 12.3. The molecule has 0 aliphatic rings. The van der Waals surface area contributed by atoms with Crippen LogP contribution in [0.15, 0.2) is 35.2 Å². The number of benzene rings is 1. The van der Waals surface area contributed by atoms with Gasteiger partial charge in [-0.25, -0.2) is 9.67 Å². The summed E-state index contributed by atoms with van der Waals surface area (Å²) in [5.41, 5.74) is 1.79. The van der Waals surface area contributed by atoms with E-state index in [9.17, 15) is 4.79 Å². The third-order valence-electron chi connectivity index (χ3n) is 3.83. The quantitative estimate of drug-likeness (QED) is 0.625. The first-order valence-electron chi connectivity index (χ1n) is 7.69. The lowest BCUT2D eigenvalue weighted by Gasteiger charge is -2.13. The Morgan fingerprint density at radius 2 is 2.12 bits per heavy atom. The van der Waals surface area contributed by atoms with E-state index in [1.54, 1.807) is 40.9 Å². The van der Waals surface area contributed by atoms with Crippen molar-refractivity contribution in [2.24, 2.45) is 0 Å². The van der Waals surface area contributed by atoms with E-state index >= 15 is 0 Å². The van der Waals surface area contributed by atoms with Crippen molar-refractivity contribution in [1.29, 1.82) is 0 Å². The highest BCUT2D eigenvalue weighted by molar-refractivity contribution is 9.10. The molecule has 0 spiro atoms. The molecule has 0 bridgehead atoms. The minimum Gasteiger partial charge on any atom is -0.291 e. The van der Waals surface area contributed by atoms with Crippen molar-refractivity contribution in [3.05, 3.63) is 56.5 Å². The molecule has 0 aliphatic heterocycles.